The maximum Gasteiger partial charge on any atom is 0.271 e. The number of aromatic nitrogens is 2. The number of carbonyl (C=O) groups is 2. The second kappa shape index (κ2) is 8.90. The number of fused-ring (bicyclic) bond motifs is 1. The van der Waals surface area contributed by atoms with Crippen LogP contribution in [0, 0.1) is 11.3 Å². The molecule has 3 heterocycles. The molecule has 0 radical (unpaired) electrons. The molecule has 1 aliphatic rings. The fourth-order valence-electron chi connectivity index (χ4n) is 3.52. The van der Waals surface area contributed by atoms with Gasteiger partial charge in [-0.05, 0) is 35.9 Å². The highest BCUT2D eigenvalue weighted by atomic mass is 16.5. The predicted octanol–water partition coefficient (Wildman–Crippen LogP) is 2.61. The summed E-state index contributed by atoms with van der Waals surface area (Å²) in [7, 11) is 0. The quantitative estimate of drug-likeness (QED) is 0.662. The third-order valence-electron chi connectivity index (χ3n) is 5.22. The fourth-order valence-corrected chi connectivity index (χ4v) is 3.52. The van der Waals surface area contributed by atoms with Crippen LogP contribution in [-0.4, -0.2) is 40.5 Å². The summed E-state index contributed by atoms with van der Waals surface area (Å²) in [6, 6.07) is 14.8. The van der Waals surface area contributed by atoms with Crippen molar-refractivity contribution in [2.75, 3.05) is 18.5 Å². The molecular formula is C23H21N5O3. The van der Waals surface area contributed by atoms with Crippen LogP contribution in [0.4, 0.5) is 5.69 Å². The Bertz CT molecular complexity index is 1170. The van der Waals surface area contributed by atoms with Crippen molar-refractivity contribution < 1.29 is 14.3 Å². The highest BCUT2D eigenvalue weighted by Gasteiger charge is 2.34. The Balaban J connectivity index is 1.42. The van der Waals surface area contributed by atoms with Crippen LogP contribution in [0.25, 0.3) is 10.9 Å². The molecule has 2 N–H and O–H groups in total. The second-order valence-electron chi connectivity index (χ2n) is 7.45. The van der Waals surface area contributed by atoms with E-state index in [0.29, 0.717) is 31.7 Å². The summed E-state index contributed by atoms with van der Waals surface area (Å²) < 4.78 is 5.28. The Labute approximate surface area is 179 Å². The summed E-state index contributed by atoms with van der Waals surface area (Å²) in [6.07, 6.45) is 4.22. The lowest BCUT2D eigenvalue weighted by atomic mass is 9.91. The number of nitrogens with one attached hydrogen (secondary N) is 2. The van der Waals surface area contributed by atoms with E-state index in [-0.39, 0.29) is 18.0 Å². The lowest BCUT2D eigenvalue weighted by molar-refractivity contribution is -0.115. The minimum Gasteiger partial charge on any atom is -0.381 e. The first-order chi connectivity index (χ1) is 15.1. The van der Waals surface area contributed by atoms with E-state index in [0.717, 1.165) is 16.5 Å². The lowest BCUT2D eigenvalue weighted by Gasteiger charge is -2.31. The SMILES string of the molecule is N#CC1(NC(=O)c2cc(NC(=O)Cc3ccc4ncccc4c3)ccn2)CCOCC1. The molecule has 0 unspecified atom stereocenters. The molecule has 2 aromatic heterocycles. The van der Waals surface area contributed by atoms with Gasteiger partial charge in [0.1, 0.15) is 11.2 Å². The molecule has 4 rings (SSSR count). The summed E-state index contributed by atoms with van der Waals surface area (Å²) in [5.74, 6) is -0.666. The normalized spacial score (nSPS) is 15.1. The van der Waals surface area contributed by atoms with E-state index in [4.69, 9.17) is 4.74 Å². The van der Waals surface area contributed by atoms with Crippen molar-refractivity contribution in [1.82, 2.24) is 15.3 Å². The van der Waals surface area contributed by atoms with Gasteiger partial charge in [-0.25, -0.2) is 0 Å². The summed E-state index contributed by atoms with van der Waals surface area (Å²) in [5, 5.41) is 16.1. The van der Waals surface area contributed by atoms with E-state index in [1.54, 1.807) is 12.3 Å². The van der Waals surface area contributed by atoms with Gasteiger partial charge >= 0.3 is 0 Å². The zero-order valence-corrected chi connectivity index (χ0v) is 16.8. The monoisotopic (exact) mass is 415 g/mol. The first-order valence-electron chi connectivity index (χ1n) is 9.98. The van der Waals surface area contributed by atoms with Crippen molar-refractivity contribution in [3.63, 3.8) is 0 Å². The number of hydrogen-bond donors (Lipinski definition) is 2. The Hall–Kier alpha value is -3.83. The van der Waals surface area contributed by atoms with Crippen LogP contribution in [0.5, 0.6) is 0 Å². The summed E-state index contributed by atoms with van der Waals surface area (Å²) in [6.45, 7) is 0.838. The minimum atomic E-state index is -0.957. The number of benzene rings is 1. The van der Waals surface area contributed by atoms with E-state index < -0.39 is 11.4 Å². The van der Waals surface area contributed by atoms with Gasteiger partial charge in [-0.2, -0.15) is 5.26 Å². The minimum absolute atomic E-state index is 0.135. The van der Waals surface area contributed by atoms with Crippen molar-refractivity contribution in [3.05, 3.63) is 66.1 Å². The van der Waals surface area contributed by atoms with E-state index in [9.17, 15) is 14.9 Å². The highest BCUT2D eigenvalue weighted by Crippen LogP contribution is 2.21. The molecule has 1 aliphatic heterocycles. The summed E-state index contributed by atoms with van der Waals surface area (Å²) >= 11 is 0. The molecule has 1 aromatic carbocycles. The van der Waals surface area contributed by atoms with Crippen LogP contribution in [0.15, 0.2) is 54.9 Å². The van der Waals surface area contributed by atoms with Gasteiger partial charge in [-0.15, -0.1) is 0 Å². The average molecular weight is 415 g/mol. The first kappa shape index (κ1) is 20.4. The smallest absolute Gasteiger partial charge is 0.271 e. The van der Waals surface area contributed by atoms with Crippen LogP contribution >= 0.6 is 0 Å². The number of ether oxygens (including phenoxy) is 1. The molecule has 1 saturated heterocycles. The van der Waals surface area contributed by atoms with Crippen LogP contribution in [-0.2, 0) is 16.0 Å². The number of hydrogen-bond acceptors (Lipinski definition) is 6. The topological polar surface area (TPSA) is 117 Å². The lowest BCUT2D eigenvalue weighted by Crippen LogP contribution is -2.51. The Morgan fingerprint density at radius 2 is 1.94 bits per heavy atom. The molecule has 0 saturated carbocycles. The van der Waals surface area contributed by atoms with Gasteiger partial charge in [0.2, 0.25) is 5.91 Å². The van der Waals surface area contributed by atoms with E-state index in [2.05, 4.69) is 26.7 Å². The van der Waals surface area contributed by atoms with E-state index in [1.165, 1.54) is 12.3 Å². The second-order valence-corrected chi connectivity index (χ2v) is 7.45. The Kier molecular flexibility index (Phi) is 5.87. The standard InChI is InChI=1S/C23H21N5O3/c24-15-23(6-10-31-11-7-23)28-22(30)20-14-18(5-9-26-20)27-21(29)13-16-3-4-19-17(12-16)2-1-8-25-19/h1-5,8-9,12,14H,6-7,10-11,13H2,(H,28,30)(H,26,27,29). The number of carbonyl (C=O) groups excluding carboxylic acids is 2. The van der Waals surface area contributed by atoms with Crippen molar-refractivity contribution in [3.8, 4) is 6.07 Å². The van der Waals surface area contributed by atoms with Gasteiger partial charge in [-0.3, -0.25) is 19.6 Å². The zero-order valence-electron chi connectivity index (χ0n) is 16.8. The molecule has 0 bridgehead atoms. The first-order valence-corrected chi connectivity index (χ1v) is 9.98. The molecule has 8 nitrogen and oxygen atoms in total. The number of rotatable bonds is 5. The van der Waals surface area contributed by atoms with Crippen molar-refractivity contribution >= 4 is 28.4 Å². The van der Waals surface area contributed by atoms with Crippen molar-refractivity contribution in [2.45, 2.75) is 24.8 Å². The maximum absolute atomic E-state index is 12.6. The van der Waals surface area contributed by atoms with Gasteiger partial charge in [0.15, 0.2) is 0 Å². The molecule has 0 spiro atoms. The number of pyridine rings is 2. The average Bonchev–Trinajstić information content (AvgIpc) is 2.79. The van der Waals surface area contributed by atoms with Crippen molar-refractivity contribution in [1.29, 1.82) is 5.26 Å². The summed E-state index contributed by atoms with van der Waals surface area (Å²) in [5.41, 5.74) is 1.37. The largest absolute Gasteiger partial charge is 0.381 e. The van der Waals surface area contributed by atoms with Crippen molar-refractivity contribution in [2.24, 2.45) is 0 Å². The predicted molar refractivity (Wildman–Crippen MR) is 114 cm³/mol. The number of amides is 2. The zero-order chi connectivity index (χ0) is 21.7. The number of nitriles is 1. The Morgan fingerprint density at radius 3 is 2.74 bits per heavy atom. The summed E-state index contributed by atoms with van der Waals surface area (Å²) in [4.78, 5) is 33.5. The van der Waals surface area contributed by atoms with Crippen LogP contribution in [0.1, 0.15) is 28.9 Å². The third-order valence-corrected chi connectivity index (χ3v) is 5.22. The van der Waals surface area contributed by atoms with E-state index in [1.807, 2.05) is 30.3 Å². The number of nitrogens with zero attached hydrogens (tertiary/aromatic N) is 3. The van der Waals surface area contributed by atoms with Gasteiger partial charge in [0, 0.05) is 49.5 Å². The van der Waals surface area contributed by atoms with Gasteiger partial charge in [0.05, 0.1) is 18.0 Å². The van der Waals surface area contributed by atoms with Crippen LogP contribution in [0.3, 0.4) is 0 Å². The Morgan fingerprint density at radius 1 is 1.10 bits per heavy atom. The van der Waals surface area contributed by atoms with Gasteiger partial charge in [0.25, 0.3) is 5.91 Å². The molecule has 2 amide bonds. The molecule has 31 heavy (non-hydrogen) atoms. The maximum atomic E-state index is 12.6. The third kappa shape index (κ3) is 4.85. The van der Waals surface area contributed by atoms with Crippen LogP contribution in [0.2, 0.25) is 0 Å². The molecular weight excluding hydrogens is 394 g/mol. The molecule has 3 aromatic rings. The number of anilines is 1. The molecule has 156 valence electrons. The molecule has 0 aliphatic carbocycles. The highest BCUT2D eigenvalue weighted by molar-refractivity contribution is 5.97. The fraction of sp³-hybridized carbons (Fsp3) is 0.261. The van der Waals surface area contributed by atoms with E-state index >= 15 is 0 Å². The van der Waals surface area contributed by atoms with Gasteiger partial charge in [-0.1, -0.05) is 12.1 Å². The molecule has 8 heteroatoms. The molecule has 0 atom stereocenters. The molecule has 1 fully saturated rings. The van der Waals surface area contributed by atoms with Crippen LogP contribution < -0.4 is 10.6 Å². The van der Waals surface area contributed by atoms with Gasteiger partial charge < -0.3 is 15.4 Å².